The number of aromatic nitrogens is 1. The molecule has 1 unspecified atom stereocenters. The van der Waals surface area contributed by atoms with Crippen LogP contribution in [0.4, 0.5) is 0 Å². The molecule has 3 nitrogen and oxygen atoms in total. The fourth-order valence-corrected chi connectivity index (χ4v) is 1.10. The van der Waals surface area contributed by atoms with Gasteiger partial charge in [0.05, 0.1) is 0 Å². The second-order valence-corrected chi connectivity index (χ2v) is 3.47. The van der Waals surface area contributed by atoms with Crippen molar-refractivity contribution in [1.29, 1.82) is 0 Å². The fourth-order valence-electron chi connectivity index (χ4n) is 1.10. The molecular formula is C11H16N2O. The Morgan fingerprint density at radius 2 is 2.36 bits per heavy atom. The highest BCUT2D eigenvalue weighted by Crippen LogP contribution is 2.01. The highest BCUT2D eigenvalue weighted by Gasteiger charge is 2.07. The molecule has 3 heteroatoms. The van der Waals surface area contributed by atoms with E-state index in [1.807, 2.05) is 20.8 Å². The van der Waals surface area contributed by atoms with Gasteiger partial charge in [-0.2, -0.15) is 0 Å². The lowest BCUT2D eigenvalue weighted by Gasteiger charge is -2.11. The Labute approximate surface area is 84.6 Å². The first-order chi connectivity index (χ1) is 6.63. The number of hydrogen-bond donors (Lipinski definition) is 1. The van der Waals surface area contributed by atoms with Crippen molar-refractivity contribution < 1.29 is 4.79 Å². The largest absolute Gasteiger partial charge is 0.350 e. The maximum Gasteiger partial charge on any atom is 0.251 e. The minimum Gasteiger partial charge on any atom is -0.350 e. The van der Waals surface area contributed by atoms with Crippen molar-refractivity contribution in [3.05, 3.63) is 29.6 Å². The Morgan fingerprint density at radius 3 is 2.93 bits per heavy atom. The van der Waals surface area contributed by atoms with E-state index in [-0.39, 0.29) is 11.9 Å². The molecule has 76 valence electrons. The van der Waals surface area contributed by atoms with Gasteiger partial charge in [-0.15, -0.1) is 0 Å². The Kier molecular flexibility index (Phi) is 3.63. The minimum atomic E-state index is -0.0233. The number of nitrogens with one attached hydrogen (secondary N) is 1. The number of carbonyl (C=O) groups excluding carboxylic acids is 1. The zero-order chi connectivity index (χ0) is 10.6. The smallest absolute Gasteiger partial charge is 0.251 e. The van der Waals surface area contributed by atoms with Crippen molar-refractivity contribution in [3.8, 4) is 0 Å². The van der Waals surface area contributed by atoms with Gasteiger partial charge in [-0.25, -0.2) is 0 Å². The van der Waals surface area contributed by atoms with E-state index >= 15 is 0 Å². The Hall–Kier alpha value is -1.38. The molecule has 1 heterocycles. The molecule has 0 saturated carbocycles. The van der Waals surface area contributed by atoms with Crippen LogP contribution in [0, 0.1) is 6.92 Å². The summed E-state index contributed by atoms with van der Waals surface area (Å²) in [5.74, 6) is -0.0233. The molecular weight excluding hydrogens is 176 g/mol. The highest BCUT2D eigenvalue weighted by atomic mass is 16.1. The Bertz CT molecular complexity index is 323. The number of aryl methyl sites for hydroxylation is 1. The van der Waals surface area contributed by atoms with Crippen molar-refractivity contribution in [2.45, 2.75) is 33.2 Å². The summed E-state index contributed by atoms with van der Waals surface area (Å²) in [5.41, 5.74) is 1.54. The van der Waals surface area contributed by atoms with Crippen LogP contribution in [0.3, 0.4) is 0 Å². The van der Waals surface area contributed by atoms with E-state index < -0.39 is 0 Å². The molecule has 0 bridgehead atoms. The summed E-state index contributed by atoms with van der Waals surface area (Å²) in [7, 11) is 0. The summed E-state index contributed by atoms with van der Waals surface area (Å²) in [6, 6.07) is 3.73. The second kappa shape index (κ2) is 4.74. The number of carbonyl (C=O) groups is 1. The van der Waals surface area contributed by atoms with E-state index in [0.717, 1.165) is 12.1 Å². The van der Waals surface area contributed by atoms with Crippen LogP contribution < -0.4 is 5.32 Å². The first kappa shape index (κ1) is 10.7. The van der Waals surface area contributed by atoms with Gasteiger partial charge in [-0.1, -0.05) is 6.92 Å². The van der Waals surface area contributed by atoms with Gasteiger partial charge in [-0.3, -0.25) is 9.78 Å². The number of rotatable bonds is 3. The molecule has 1 rings (SSSR count). The summed E-state index contributed by atoms with van der Waals surface area (Å²) < 4.78 is 0. The normalized spacial score (nSPS) is 12.2. The molecule has 0 saturated heterocycles. The molecule has 0 aliphatic rings. The third-order valence-corrected chi connectivity index (χ3v) is 2.15. The van der Waals surface area contributed by atoms with Crippen molar-refractivity contribution >= 4 is 5.91 Å². The molecule has 1 amide bonds. The Balaban J connectivity index is 2.70. The van der Waals surface area contributed by atoms with E-state index in [1.54, 1.807) is 18.3 Å². The predicted molar refractivity (Wildman–Crippen MR) is 56.2 cm³/mol. The molecule has 0 aliphatic carbocycles. The maximum atomic E-state index is 11.6. The van der Waals surface area contributed by atoms with Crippen molar-refractivity contribution in [2.75, 3.05) is 0 Å². The van der Waals surface area contributed by atoms with Gasteiger partial charge in [0.1, 0.15) is 0 Å². The molecule has 14 heavy (non-hydrogen) atoms. The zero-order valence-electron chi connectivity index (χ0n) is 8.87. The van der Waals surface area contributed by atoms with Crippen LogP contribution in [-0.4, -0.2) is 16.9 Å². The summed E-state index contributed by atoms with van der Waals surface area (Å²) in [6.45, 7) is 5.91. The van der Waals surface area contributed by atoms with Crippen LogP contribution in [0.1, 0.15) is 36.3 Å². The summed E-state index contributed by atoms with van der Waals surface area (Å²) in [5, 5.41) is 2.91. The van der Waals surface area contributed by atoms with Crippen LogP contribution >= 0.6 is 0 Å². The van der Waals surface area contributed by atoms with Crippen LogP contribution in [0.25, 0.3) is 0 Å². The molecule has 1 N–H and O–H groups in total. The highest BCUT2D eigenvalue weighted by molar-refractivity contribution is 5.94. The molecule has 0 aliphatic heterocycles. The molecule has 0 spiro atoms. The lowest BCUT2D eigenvalue weighted by Crippen LogP contribution is -2.31. The summed E-state index contributed by atoms with van der Waals surface area (Å²) in [6.07, 6.45) is 2.59. The minimum absolute atomic E-state index is 0.0233. The van der Waals surface area contributed by atoms with Gasteiger partial charge < -0.3 is 5.32 Å². The zero-order valence-corrected chi connectivity index (χ0v) is 8.87. The summed E-state index contributed by atoms with van der Waals surface area (Å²) >= 11 is 0. The molecule has 1 atom stereocenters. The van der Waals surface area contributed by atoms with Crippen molar-refractivity contribution in [1.82, 2.24) is 10.3 Å². The first-order valence-corrected chi connectivity index (χ1v) is 4.87. The van der Waals surface area contributed by atoms with Gasteiger partial charge in [0.2, 0.25) is 0 Å². The van der Waals surface area contributed by atoms with E-state index in [4.69, 9.17) is 0 Å². The number of hydrogen-bond acceptors (Lipinski definition) is 2. The topological polar surface area (TPSA) is 42.0 Å². The molecule has 1 aromatic rings. The van der Waals surface area contributed by atoms with Crippen LogP contribution in [-0.2, 0) is 0 Å². The van der Waals surface area contributed by atoms with Gasteiger partial charge in [0, 0.05) is 23.5 Å². The van der Waals surface area contributed by atoms with Crippen molar-refractivity contribution in [3.63, 3.8) is 0 Å². The third-order valence-electron chi connectivity index (χ3n) is 2.15. The lowest BCUT2D eigenvalue weighted by atomic mass is 10.2. The van der Waals surface area contributed by atoms with Crippen LogP contribution in [0.15, 0.2) is 18.3 Å². The maximum absolute atomic E-state index is 11.6. The molecule has 0 radical (unpaired) electrons. The van der Waals surface area contributed by atoms with E-state index in [0.29, 0.717) is 5.56 Å². The second-order valence-electron chi connectivity index (χ2n) is 3.47. The van der Waals surface area contributed by atoms with Crippen LogP contribution in [0.5, 0.6) is 0 Å². The fraction of sp³-hybridized carbons (Fsp3) is 0.455. The molecule has 0 fully saturated rings. The van der Waals surface area contributed by atoms with E-state index in [9.17, 15) is 4.79 Å². The summed E-state index contributed by atoms with van der Waals surface area (Å²) in [4.78, 5) is 15.7. The lowest BCUT2D eigenvalue weighted by molar-refractivity contribution is 0.0939. The van der Waals surface area contributed by atoms with Crippen molar-refractivity contribution in [2.24, 2.45) is 0 Å². The van der Waals surface area contributed by atoms with Crippen LogP contribution in [0.2, 0.25) is 0 Å². The van der Waals surface area contributed by atoms with Gasteiger partial charge >= 0.3 is 0 Å². The monoisotopic (exact) mass is 192 g/mol. The third kappa shape index (κ3) is 2.83. The average molecular weight is 192 g/mol. The van der Waals surface area contributed by atoms with Gasteiger partial charge in [0.25, 0.3) is 5.91 Å². The van der Waals surface area contributed by atoms with E-state index in [2.05, 4.69) is 10.3 Å². The SMILES string of the molecule is CCC(C)NC(=O)c1ccnc(C)c1. The predicted octanol–water partition coefficient (Wildman–Crippen LogP) is 1.92. The number of amides is 1. The molecule has 0 aromatic carbocycles. The average Bonchev–Trinajstić information content (AvgIpc) is 2.17. The van der Waals surface area contributed by atoms with E-state index in [1.165, 1.54) is 0 Å². The van der Waals surface area contributed by atoms with Gasteiger partial charge in [0.15, 0.2) is 0 Å². The standard InChI is InChI=1S/C11H16N2O/c1-4-8(2)13-11(14)10-5-6-12-9(3)7-10/h5-8H,4H2,1-3H3,(H,13,14). The first-order valence-electron chi connectivity index (χ1n) is 4.87. The quantitative estimate of drug-likeness (QED) is 0.795. The molecule has 1 aromatic heterocycles. The number of pyridine rings is 1. The van der Waals surface area contributed by atoms with Gasteiger partial charge in [-0.05, 0) is 32.4 Å². The Morgan fingerprint density at radius 1 is 1.64 bits per heavy atom. The number of nitrogens with zero attached hydrogens (tertiary/aromatic N) is 1.